The second kappa shape index (κ2) is 14.2. The van der Waals surface area contributed by atoms with Gasteiger partial charge in [0, 0.05) is 0 Å². The fourth-order valence-electron chi connectivity index (χ4n) is 6.94. The number of rotatable bonds is 8. The van der Waals surface area contributed by atoms with Crippen molar-refractivity contribution in [1.29, 1.82) is 0 Å². The van der Waals surface area contributed by atoms with Crippen LogP contribution in [0.4, 0.5) is 0 Å². The summed E-state index contributed by atoms with van der Waals surface area (Å²) in [4.78, 5) is 0. The molecule has 0 radical (unpaired) electrons. The van der Waals surface area contributed by atoms with Gasteiger partial charge in [0.2, 0.25) is 0 Å². The Morgan fingerprint density at radius 1 is 0.489 bits per heavy atom. The summed E-state index contributed by atoms with van der Waals surface area (Å²) in [6.07, 6.45) is 6.65. The summed E-state index contributed by atoms with van der Waals surface area (Å²) < 4.78 is 13.7. The topological polar surface area (TPSA) is 26.3 Å². The van der Waals surface area contributed by atoms with Crippen LogP contribution in [0.15, 0.2) is 130 Å². The number of fused-ring (bicyclic) bond motifs is 2. The zero-order valence-corrected chi connectivity index (χ0v) is 30.3. The van der Waals surface area contributed by atoms with E-state index in [0.29, 0.717) is 7.25 Å². The number of furan rings is 2. The average molecular weight is 733 g/mol. The second-order valence-electron chi connectivity index (χ2n) is 11.8. The Morgan fingerprint density at radius 3 is 1.30 bits per heavy atom. The van der Waals surface area contributed by atoms with Crippen LogP contribution in [-0.4, -0.2) is 0 Å². The molecule has 0 amide bonds. The zero-order chi connectivity index (χ0) is 30.3. The van der Waals surface area contributed by atoms with E-state index in [-0.39, 0.29) is 24.8 Å². The van der Waals surface area contributed by atoms with E-state index in [4.69, 9.17) is 8.83 Å². The summed E-state index contributed by atoms with van der Waals surface area (Å²) in [6.45, 7) is 4.32. The molecule has 2 aromatic heterocycles. The predicted octanol–water partition coefficient (Wildman–Crippen LogP) is 5.31. The average Bonchev–Trinajstić information content (AvgIpc) is 3.90. The van der Waals surface area contributed by atoms with Crippen molar-refractivity contribution >= 4 is 23.3 Å². The Kier molecular flexibility index (Phi) is 10.1. The molecular weight excluding hydrogens is 699 g/mol. The summed E-state index contributed by atoms with van der Waals surface area (Å²) in [5, 5.41) is 0. The molecule has 0 spiro atoms. The van der Waals surface area contributed by atoms with Crippen LogP contribution < -0.4 is 24.8 Å². The largest absolute Gasteiger partial charge is 1.00 e. The summed E-state index contributed by atoms with van der Waals surface area (Å²) in [7, 11) is 0. The quantitative estimate of drug-likeness (QED) is 0.212. The number of hydrogen-bond donors (Lipinski definition) is 0. The van der Waals surface area contributed by atoms with Gasteiger partial charge in [-0.25, -0.2) is 0 Å². The van der Waals surface area contributed by atoms with Crippen molar-refractivity contribution in [2.45, 2.75) is 33.9 Å². The number of halogens is 2. The first kappa shape index (κ1) is 33.3. The molecule has 2 aliphatic rings. The van der Waals surface area contributed by atoms with Crippen molar-refractivity contribution in [3.63, 3.8) is 0 Å². The molecule has 0 N–H and O–H groups in total. The molecule has 2 heterocycles. The first-order valence-corrected chi connectivity index (χ1v) is 18.8. The smallest absolute Gasteiger partial charge is 1.00 e. The molecule has 2 unspecified atom stereocenters. The predicted molar refractivity (Wildman–Crippen MR) is 181 cm³/mol. The second-order valence-corrected chi connectivity index (χ2v) is 15.5. The molecule has 5 heteroatoms. The van der Waals surface area contributed by atoms with E-state index in [1.807, 2.05) is 0 Å². The Morgan fingerprint density at radius 2 is 0.915 bits per heavy atom. The zero-order valence-electron chi connectivity index (χ0n) is 26.3. The number of allylic oxidation sites excluding steroid dienone is 2. The van der Waals surface area contributed by atoms with Crippen LogP contribution in [-0.2, 0) is 36.1 Å². The van der Waals surface area contributed by atoms with Gasteiger partial charge >= 0.3 is 278 Å². The minimum atomic E-state index is -1.28. The number of aryl methyl sites for hydroxylation is 2. The summed E-state index contributed by atoms with van der Waals surface area (Å²) in [6, 6.07) is 44.0. The molecule has 2 aliphatic carbocycles. The third-order valence-corrected chi connectivity index (χ3v) is 13.9. The molecule has 8 rings (SSSR count). The van der Waals surface area contributed by atoms with Gasteiger partial charge in [0.15, 0.2) is 0 Å². The van der Waals surface area contributed by atoms with Crippen LogP contribution >= 0.6 is 0 Å². The van der Waals surface area contributed by atoms with E-state index in [2.05, 4.69) is 147 Å². The standard InChI is InChI=1S/2C21H17O.2ClH.Zr/c2*1-2-18-11-12-21(22-18)17-13-16-9-6-10-19(20(16)14-17)15-7-4-3-5-8-15;;;/h2*3-14H,2H2,1H3;2*1H;/q;;;;+2/p-2. The Balaban J connectivity index is 0.00000193. The van der Waals surface area contributed by atoms with E-state index in [1.165, 1.54) is 55.7 Å². The van der Waals surface area contributed by atoms with Crippen molar-refractivity contribution < 1.29 is 56.9 Å². The maximum absolute atomic E-state index is 6.49. The van der Waals surface area contributed by atoms with Gasteiger partial charge in [0.1, 0.15) is 0 Å². The van der Waals surface area contributed by atoms with Gasteiger partial charge in [-0.15, -0.1) is 0 Å². The molecule has 6 aromatic rings. The first-order valence-electron chi connectivity index (χ1n) is 16.0. The molecular formula is C42H34Cl2O2Zr. The van der Waals surface area contributed by atoms with Crippen LogP contribution in [0.3, 0.4) is 0 Å². The van der Waals surface area contributed by atoms with Gasteiger partial charge in [-0.2, -0.15) is 0 Å². The summed E-state index contributed by atoms with van der Waals surface area (Å²) >= 11 is -1.28. The third kappa shape index (κ3) is 6.11. The molecule has 0 aliphatic heterocycles. The fraction of sp³-hybridized carbons (Fsp3) is 0.143. The van der Waals surface area contributed by atoms with E-state index < -0.39 is 23.2 Å². The molecule has 2 atom stereocenters. The van der Waals surface area contributed by atoms with Crippen molar-refractivity contribution in [3.8, 4) is 22.3 Å². The van der Waals surface area contributed by atoms with Gasteiger partial charge in [-0.3, -0.25) is 0 Å². The van der Waals surface area contributed by atoms with E-state index in [9.17, 15) is 0 Å². The molecule has 0 saturated heterocycles. The third-order valence-electron chi connectivity index (χ3n) is 9.22. The number of hydrogen-bond acceptors (Lipinski definition) is 2. The molecule has 0 saturated carbocycles. The number of benzene rings is 4. The van der Waals surface area contributed by atoms with Gasteiger partial charge in [0.25, 0.3) is 0 Å². The van der Waals surface area contributed by atoms with Crippen LogP contribution in [0.5, 0.6) is 0 Å². The minimum Gasteiger partial charge on any atom is -1.00 e. The summed E-state index contributed by atoms with van der Waals surface area (Å²) in [5.74, 6) is 4.11. The molecule has 2 nitrogen and oxygen atoms in total. The normalized spacial score (nSPS) is 15.9. The Bertz CT molecular complexity index is 1920. The maximum atomic E-state index is 6.49. The molecule has 0 fully saturated rings. The van der Waals surface area contributed by atoms with Gasteiger partial charge in [-0.1, -0.05) is 0 Å². The van der Waals surface area contributed by atoms with E-state index in [1.54, 1.807) is 0 Å². The molecule has 232 valence electrons. The van der Waals surface area contributed by atoms with Crippen molar-refractivity contribution in [2.75, 3.05) is 0 Å². The molecule has 47 heavy (non-hydrogen) atoms. The molecule has 4 aromatic carbocycles. The van der Waals surface area contributed by atoms with Gasteiger partial charge in [-0.05, 0) is 0 Å². The fourth-order valence-corrected chi connectivity index (χ4v) is 11.9. The monoisotopic (exact) mass is 730 g/mol. The SMILES string of the molecule is CCc1ccc(C2=Cc3c(-c4ccccc4)cccc3[CH]2[Zr+2][CH]2C(c3ccc(CC)o3)=Cc3c(-c4ccccc4)cccc32)o1.[Cl-].[Cl-]. The van der Waals surface area contributed by atoms with Crippen molar-refractivity contribution in [1.82, 2.24) is 0 Å². The van der Waals surface area contributed by atoms with Crippen LogP contribution in [0.1, 0.15) is 66.4 Å². The van der Waals surface area contributed by atoms with E-state index >= 15 is 0 Å². The Hall–Kier alpha value is -3.62. The first-order chi connectivity index (χ1) is 22.2. The van der Waals surface area contributed by atoms with Gasteiger partial charge < -0.3 is 24.8 Å². The van der Waals surface area contributed by atoms with Crippen molar-refractivity contribution in [2.24, 2.45) is 0 Å². The van der Waals surface area contributed by atoms with Gasteiger partial charge in [0.05, 0.1) is 0 Å². The van der Waals surface area contributed by atoms with E-state index in [0.717, 1.165) is 35.9 Å². The van der Waals surface area contributed by atoms with Crippen molar-refractivity contribution in [3.05, 3.63) is 167 Å². The van der Waals surface area contributed by atoms with Crippen LogP contribution in [0.25, 0.3) is 45.6 Å². The maximum Gasteiger partial charge on any atom is -1.00 e. The minimum absolute atomic E-state index is 0. The van der Waals surface area contributed by atoms with Crippen LogP contribution in [0, 0.1) is 0 Å². The van der Waals surface area contributed by atoms with Crippen LogP contribution in [0.2, 0.25) is 0 Å². The Labute approximate surface area is 301 Å². The molecule has 0 bridgehead atoms. The summed E-state index contributed by atoms with van der Waals surface area (Å²) in [5.41, 5.74) is 13.3.